The number of amides is 1. The van der Waals surface area contributed by atoms with E-state index in [4.69, 9.17) is 5.73 Å². The number of hydrogen-bond donors (Lipinski definition) is 1. The molecule has 0 heterocycles. The van der Waals surface area contributed by atoms with Crippen LogP contribution < -0.4 is 5.73 Å². The first kappa shape index (κ1) is 13.8. The molecule has 1 unspecified atom stereocenters. The Morgan fingerprint density at radius 1 is 1.53 bits per heavy atom. The van der Waals surface area contributed by atoms with Crippen LogP contribution in [0.15, 0.2) is 18.2 Å². The van der Waals surface area contributed by atoms with Gasteiger partial charge in [-0.1, -0.05) is 17.2 Å². The van der Waals surface area contributed by atoms with Crippen molar-refractivity contribution in [1.29, 1.82) is 0 Å². The summed E-state index contributed by atoms with van der Waals surface area (Å²) in [4.78, 5) is 21.8. The summed E-state index contributed by atoms with van der Waals surface area (Å²) in [7, 11) is 0. The Labute approximate surface area is 113 Å². The molecule has 1 aromatic rings. The maximum atomic E-state index is 11.6. The van der Waals surface area contributed by atoms with Gasteiger partial charge in [0.15, 0.2) is 0 Å². The lowest BCUT2D eigenvalue weighted by Gasteiger charge is -2.16. The first-order chi connectivity index (χ1) is 8.86. The van der Waals surface area contributed by atoms with Crippen molar-refractivity contribution in [2.75, 3.05) is 6.26 Å². The Balaban J connectivity index is 2.48. The molecule has 2 rings (SSSR count). The summed E-state index contributed by atoms with van der Waals surface area (Å²) in [6.45, 7) is 0. The highest BCUT2D eigenvalue weighted by Crippen LogP contribution is 2.49. The summed E-state index contributed by atoms with van der Waals surface area (Å²) in [6, 6.07) is 4.32. The Bertz CT molecular complexity index is 541. The average Bonchev–Trinajstić information content (AvgIpc) is 3.09. The Morgan fingerprint density at radius 3 is 2.58 bits per heavy atom. The van der Waals surface area contributed by atoms with Gasteiger partial charge in [0, 0.05) is 17.7 Å². The van der Waals surface area contributed by atoms with Crippen molar-refractivity contribution in [2.45, 2.75) is 24.0 Å². The summed E-state index contributed by atoms with van der Waals surface area (Å²) in [5, 5.41) is 10.8. The largest absolute Gasteiger partial charge is 0.616 e. The molecule has 1 fully saturated rings. The fraction of sp³-hybridized carbons (Fsp3) is 0.417. The second-order valence-corrected chi connectivity index (χ2v) is 6.20. The monoisotopic (exact) mass is 282 g/mol. The minimum Gasteiger partial charge on any atom is -0.616 e. The minimum absolute atomic E-state index is 0.0653. The molecule has 1 aliphatic rings. The van der Waals surface area contributed by atoms with Crippen molar-refractivity contribution < 1.29 is 14.3 Å². The lowest BCUT2D eigenvalue weighted by Crippen LogP contribution is -2.29. The van der Waals surface area contributed by atoms with Gasteiger partial charge in [0.05, 0.1) is 16.6 Å². The smallest absolute Gasteiger partial charge is 0.269 e. The standard InChI is InChI=1S/C12H14N2O4S/c1-19(18)7-8-6-9(14(16)17)2-3-10(8)12(4-5-12)11(13)15/h2-3,6H,4-5,7H2,1H3,(H2,13,15). The number of nitrogens with two attached hydrogens (primary N) is 1. The number of carbonyl (C=O) groups is 1. The van der Waals surface area contributed by atoms with Crippen LogP contribution in [0.1, 0.15) is 24.0 Å². The van der Waals surface area contributed by atoms with Gasteiger partial charge in [-0.25, -0.2) is 0 Å². The van der Waals surface area contributed by atoms with E-state index in [9.17, 15) is 19.5 Å². The van der Waals surface area contributed by atoms with Gasteiger partial charge in [-0.15, -0.1) is 0 Å². The maximum absolute atomic E-state index is 11.6. The first-order valence-corrected chi connectivity index (χ1v) is 7.47. The summed E-state index contributed by atoms with van der Waals surface area (Å²) in [5.74, 6) is -0.240. The molecule has 1 aliphatic carbocycles. The molecule has 0 bridgehead atoms. The van der Waals surface area contributed by atoms with Crippen molar-refractivity contribution in [3.05, 3.63) is 39.4 Å². The molecule has 0 aliphatic heterocycles. The van der Waals surface area contributed by atoms with E-state index in [0.717, 1.165) is 0 Å². The van der Waals surface area contributed by atoms with Crippen molar-refractivity contribution in [3.63, 3.8) is 0 Å². The van der Waals surface area contributed by atoms with Gasteiger partial charge in [-0.3, -0.25) is 14.9 Å². The van der Waals surface area contributed by atoms with E-state index >= 15 is 0 Å². The zero-order valence-corrected chi connectivity index (χ0v) is 11.2. The molecule has 0 radical (unpaired) electrons. The van der Waals surface area contributed by atoms with Crippen molar-refractivity contribution in [1.82, 2.24) is 0 Å². The van der Waals surface area contributed by atoms with Crippen LogP contribution >= 0.6 is 0 Å². The Hall–Kier alpha value is -1.60. The molecule has 7 heteroatoms. The highest BCUT2D eigenvalue weighted by molar-refractivity contribution is 7.89. The van der Waals surface area contributed by atoms with Crippen LogP contribution in [0, 0.1) is 10.1 Å². The van der Waals surface area contributed by atoms with E-state index in [1.165, 1.54) is 18.4 Å². The highest BCUT2D eigenvalue weighted by atomic mass is 32.2. The number of rotatable bonds is 5. The third-order valence-corrected chi connectivity index (χ3v) is 4.11. The van der Waals surface area contributed by atoms with Crippen molar-refractivity contribution in [3.8, 4) is 0 Å². The number of nitro groups is 1. The third kappa shape index (κ3) is 2.57. The third-order valence-electron chi connectivity index (χ3n) is 3.40. The van der Waals surface area contributed by atoms with Crippen LogP contribution in [0.2, 0.25) is 0 Å². The van der Waals surface area contributed by atoms with E-state index in [1.807, 2.05) is 0 Å². The molecule has 1 aromatic carbocycles. The molecule has 0 saturated heterocycles. The van der Waals surface area contributed by atoms with Gasteiger partial charge < -0.3 is 10.3 Å². The molecule has 2 N–H and O–H groups in total. The van der Waals surface area contributed by atoms with Gasteiger partial charge in [-0.05, 0) is 18.4 Å². The summed E-state index contributed by atoms with van der Waals surface area (Å²) < 4.78 is 11.4. The molecule has 0 spiro atoms. The minimum atomic E-state index is -1.14. The van der Waals surface area contributed by atoms with E-state index in [1.54, 1.807) is 6.07 Å². The number of nitro benzene ring substituents is 1. The van der Waals surface area contributed by atoms with Crippen LogP contribution in [-0.4, -0.2) is 21.6 Å². The molecule has 0 aromatic heterocycles. The molecule has 19 heavy (non-hydrogen) atoms. The SMILES string of the molecule is C[S+]([O-])Cc1cc([N+](=O)[O-])ccc1C1(C(N)=O)CC1. The molecule has 1 atom stereocenters. The Kier molecular flexibility index (Phi) is 3.51. The van der Waals surface area contributed by atoms with E-state index in [0.29, 0.717) is 24.0 Å². The van der Waals surface area contributed by atoms with Gasteiger partial charge in [0.25, 0.3) is 5.69 Å². The lowest BCUT2D eigenvalue weighted by molar-refractivity contribution is -0.384. The fourth-order valence-electron chi connectivity index (χ4n) is 2.27. The number of primary amides is 1. The van der Waals surface area contributed by atoms with E-state index in [-0.39, 0.29) is 11.4 Å². The van der Waals surface area contributed by atoms with Gasteiger partial charge >= 0.3 is 0 Å². The summed E-state index contributed by atoms with van der Waals surface area (Å²) in [6.07, 6.45) is 2.80. The topological polar surface area (TPSA) is 109 Å². The van der Waals surface area contributed by atoms with E-state index < -0.39 is 27.4 Å². The molecular formula is C12H14N2O4S. The number of hydrogen-bond acceptors (Lipinski definition) is 4. The lowest BCUT2D eigenvalue weighted by atomic mass is 9.91. The fourth-order valence-corrected chi connectivity index (χ4v) is 2.95. The summed E-state index contributed by atoms with van der Waals surface area (Å²) >= 11 is -1.14. The second kappa shape index (κ2) is 4.82. The van der Waals surface area contributed by atoms with Crippen molar-refractivity contribution in [2.24, 2.45) is 5.73 Å². The predicted molar refractivity (Wildman–Crippen MR) is 71.0 cm³/mol. The van der Waals surface area contributed by atoms with Crippen LogP contribution in [0.5, 0.6) is 0 Å². The number of non-ortho nitro benzene ring substituents is 1. The molecule has 1 saturated carbocycles. The van der Waals surface area contributed by atoms with Crippen LogP contribution in [-0.2, 0) is 27.1 Å². The molecule has 102 valence electrons. The molecule has 6 nitrogen and oxygen atoms in total. The van der Waals surface area contributed by atoms with Crippen LogP contribution in [0.25, 0.3) is 0 Å². The van der Waals surface area contributed by atoms with Gasteiger partial charge in [0.2, 0.25) is 5.91 Å². The quantitative estimate of drug-likeness (QED) is 0.493. The Morgan fingerprint density at radius 2 is 2.16 bits per heavy atom. The summed E-state index contributed by atoms with van der Waals surface area (Å²) in [5.41, 5.74) is 5.89. The first-order valence-electron chi connectivity index (χ1n) is 5.74. The average molecular weight is 282 g/mol. The highest BCUT2D eigenvalue weighted by Gasteiger charge is 2.51. The maximum Gasteiger partial charge on any atom is 0.269 e. The zero-order chi connectivity index (χ0) is 14.2. The number of benzene rings is 1. The van der Waals surface area contributed by atoms with Crippen LogP contribution in [0.3, 0.4) is 0 Å². The predicted octanol–water partition coefficient (Wildman–Crippen LogP) is 0.990. The number of nitrogens with zero attached hydrogens (tertiary/aromatic N) is 1. The number of carbonyl (C=O) groups excluding carboxylic acids is 1. The normalized spacial score (nSPS) is 17.8. The second-order valence-electron chi connectivity index (χ2n) is 4.76. The zero-order valence-electron chi connectivity index (χ0n) is 10.4. The van der Waals surface area contributed by atoms with Crippen LogP contribution in [0.4, 0.5) is 5.69 Å². The molecule has 1 amide bonds. The van der Waals surface area contributed by atoms with Crippen molar-refractivity contribution >= 4 is 22.8 Å². The molecular weight excluding hydrogens is 268 g/mol. The van der Waals surface area contributed by atoms with Gasteiger partial charge in [0.1, 0.15) is 5.75 Å². The van der Waals surface area contributed by atoms with E-state index in [2.05, 4.69) is 0 Å². The van der Waals surface area contributed by atoms with Gasteiger partial charge in [-0.2, -0.15) is 0 Å².